The summed E-state index contributed by atoms with van der Waals surface area (Å²) in [5.41, 5.74) is 2.07. The molecule has 0 bridgehead atoms. The van der Waals surface area contributed by atoms with Crippen LogP contribution in [0.15, 0.2) is 91.4 Å². The first-order valence-corrected chi connectivity index (χ1v) is 9.37. The minimum Gasteiger partial charge on any atom is -0.455 e. The molecule has 0 fully saturated rings. The van der Waals surface area contributed by atoms with E-state index >= 15 is 0 Å². The highest BCUT2D eigenvalue weighted by molar-refractivity contribution is 5.96. The van der Waals surface area contributed by atoms with E-state index in [0.717, 1.165) is 5.56 Å². The van der Waals surface area contributed by atoms with Crippen LogP contribution in [0, 0.1) is 11.3 Å². The Morgan fingerprint density at radius 3 is 2.60 bits per heavy atom. The molecule has 0 aliphatic carbocycles. The van der Waals surface area contributed by atoms with E-state index in [4.69, 9.17) is 4.74 Å². The first kappa shape index (κ1) is 19.0. The number of ether oxygens (including phenoxy) is 1. The molecule has 1 N–H and O–H groups in total. The molecule has 6 nitrogen and oxygen atoms in total. The van der Waals surface area contributed by atoms with E-state index in [1.807, 2.05) is 66.7 Å². The van der Waals surface area contributed by atoms with Crippen molar-refractivity contribution in [3.63, 3.8) is 0 Å². The van der Waals surface area contributed by atoms with Gasteiger partial charge in [0.15, 0.2) is 5.75 Å². The number of carbonyl (C=O) groups excluding carboxylic acids is 1. The molecule has 0 aliphatic rings. The monoisotopic (exact) mass is 394 g/mol. The number of nitrogens with zero attached hydrogens (tertiary/aromatic N) is 3. The third-order valence-electron chi connectivity index (χ3n) is 4.49. The topological polar surface area (TPSA) is 79.9 Å². The van der Waals surface area contributed by atoms with Crippen LogP contribution >= 0.6 is 0 Å². The maximum Gasteiger partial charge on any atom is 0.269 e. The first-order chi connectivity index (χ1) is 14.8. The Kier molecular flexibility index (Phi) is 5.54. The molecule has 0 radical (unpaired) electrons. The van der Waals surface area contributed by atoms with E-state index in [2.05, 4.69) is 16.4 Å². The van der Waals surface area contributed by atoms with Crippen molar-refractivity contribution in [2.75, 3.05) is 0 Å². The maximum absolute atomic E-state index is 13.0. The standard InChI is InChI=1S/C24H18N4O2/c25-15-19-12-14-28(23(19)24(29)27-17-18-7-6-13-26-16-18)21-10-4-5-11-22(21)30-20-8-2-1-3-9-20/h1-14,16H,17H2,(H,27,29). The predicted octanol–water partition coefficient (Wildman–Crippen LogP) is 4.47. The SMILES string of the molecule is N#Cc1ccn(-c2ccccc2Oc2ccccc2)c1C(=O)NCc1cccnc1. The van der Waals surface area contributed by atoms with Gasteiger partial charge >= 0.3 is 0 Å². The van der Waals surface area contributed by atoms with Gasteiger partial charge in [0.2, 0.25) is 0 Å². The lowest BCUT2D eigenvalue weighted by Crippen LogP contribution is -2.26. The Morgan fingerprint density at radius 1 is 1.03 bits per heavy atom. The number of aromatic nitrogens is 2. The van der Waals surface area contributed by atoms with Gasteiger partial charge in [0.1, 0.15) is 17.5 Å². The molecule has 0 aliphatic heterocycles. The van der Waals surface area contributed by atoms with E-state index in [1.54, 1.807) is 29.2 Å². The fourth-order valence-electron chi connectivity index (χ4n) is 3.08. The predicted molar refractivity (Wildman–Crippen MR) is 112 cm³/mol. The van der Waals surface area contributed by atoms with Crippen molar-refractivity contribution in [2.24, 2.45) is 0 Å². The lowest BCUT2D eigenvalue weighted by molar-refractivity contribution is 0.0944. The number of amides is 1. The van der Waals surface area contributed by atoms with Gasteiger partial charge in [-0.2, -0.15) is 5.26 Å². The zero-order chi connectivity index (χ0) is 20.8. The summed E-state index contributed by atoms with van der Waals surface area (Å²) >= 11 is 0. The molecule has 0 atom stereocenters. The molecule has 0 unspecified atom stereocenters. The van der Waals surface area contributed by atoms with Crippen molar-refractivity contribution < 1.29 is 9.53 Å². The van der Waals surface area contributed by atoms with E-state index < -0.39 is 0 Å². The van der Waals surface area contributed by atoms with Gasteiger partial charge < -0.3 is 14.6 Å². The van der Waals surface area contributed by atoms with Crippen LogP contribution in [0.4, 0.5) is 0 Å². The molecule has 2 heterocycles. The van der Waals surface area contributed by atoms with Crippen molar-refractivity contribution in [3.05, 3.63) is 108 Å². The second-order valence-corrected chi connectivity index (χ2v) is 6.49. The average Bonchev–Trinajstić information content (AvgIpc) is 3.23. The van der Waals surface area contributed by atoms with Gasteiger partial charge in [0, 0.05) is 25.1 Å². The number of hydrogen-bond acceptors (Lipinski definition) is 4. The molecule has 0 saturated carbocycles. The van der Waals surface area contributed by atoms with E-state index in [0.29, 0.717) is 23.7 Å². The molecule has 4 rings (SSSR count). The summed E-state index contributed by atoms with van der Waals surface area (Å²) < 4.78 is 7.70. The van der Waals surface area contributed by atoms with Crippen LogP contribution in [0.25, 0.3) is 5.69 Å². The zero-order valence-corrected chi connectivity index (χ0v) is 16.0. The average molecular weight is 394 g/mol. The third kappa shape index (κ3) is 4.05. The summed E-state index contributed by atoms with van der Waals surface area (Å²) in [6.45, 7) is 0.310. The molecule has 4 aromatic rings. The second-order valence-electron chi connectivity index (χ2n) is 6.49. The van der Waals surface area contributed by atoms with Gasteiger partial charge in [-0.3, -0.25) is 9.78 Å². The molecule has 0 spiro atoms. The normalized spacial score (nSPS) is 10.2. The van der Waals surface area contributed by atoms with E-state index in [9.17, 15) is 10.1 Å². The molecule has 2 aromatic carbocycles. The molecule has 146 valence electrons. The van der Waals surface area contributed by atoms with Crippen molar-refractivity contribution >= 4 is 5.91 Å². The second kappa shape index (κ2) is 8.76. The Morgan fingerprint density at radius 2 is 1.83 bits per heavy atom. The molecule has 1 amide bonds. The number of carbonyl (C=O) groups is 1. The van der Waals surface area contributed by atoms with Crippen LogP contribution in [-0.2, 0) is 6.54 Å². The maximum atomic E-state index is 13.0. The summed E-state index contributed by atoms with van der Waals surface area (Å²) in [6, 6.07) is 24.2. The third-order valence-corrected chi connectivity index (χ3v) is 4.49. The van der Waals surface area contributed by atoms with Gasteiger partial charge in [0.05, 0.1) is 11.3 Å². The van der Waals surface area contributed by atoms with Crippen LogP contribution in [0.2, 0.25) is 0 Å². The van der Waals surface area contributed by atoms with Gasteiger partial charge in [-0.1, -0.05) is 36.4 Å². The minimum absolute atomic E-state index is 0.255. The molecule has 30 heavy (non-hydrogen) atoms. The van der Waals surface area contributed by atoms with E-state index in [-0.39, 0.29) is 17.2 Å². The van der Waals surface area contributed by atoms with Gasteiger partial charge in [-0.15, -0.1) is 0 Å². The van der Waals surface area contributed by atoms with Crippen molar-refractivity contribution in [3.8, 4) is 23.3 Å². The Labute approximate surface area is 174 Å². The summed E-state index contributed by atoms with van der Waals surface area (Å²) in [6.07, 6.45) is 5.06. The number of para-hydroxylation sites is 3. The summed E-state index contributed by atoms with van der Waals surface area (Å²) in [4.78, 5) is 17.0. The number of nitrogens with one attached hydrogen (secondary N) is 1. The number of nitriles is 1. The van der Waals surface area contributed by atoms with Crippen molar-refractivity contribution in [1.29, 1.82) is 5.26 Å². The largest absolute Gasteiger partial charge is 0.455 e. The number of rotatable bonds is 6. The summed E-state index contributed by atoms with van der Waals surface area (Å²) in [5.74, 6) is 0.903. The first-order valence-electron chi connectivity index (χ1n) is 9.37. The van der Waals surface area contributed by atoms with Gasteiger partial charge in [-0.05, 0) is 42.0 Å². The highest BCUT2D eigenvalue weighted by atomic mass is 16.5. The number of pyridine rings is 1. The van der Waals surface area contributed by atoms with Crippen LogP contribution in [-0.4, -0.2) is 15.5 Å². The zero-order valence-electron chi connectivity index (χ0n) is 16.0. The Balaban J connectivity index is 1.67. The lowest BCUT2D eigenvalue weighted by atomic mass is 10.2. The van der Waals surface area contributed by atoms with Crippen LogP contribution in [0.5, 0.6) is 11.5 Å². The molecule has 6 heteroatoms. The van der Waals surface area contributed by atoms with E-state index in [1.165, 1.54) is 0 Å². The molecular weight excluding hydrogens is 376 g/mol. The summed E-state index contributed by atoms with van der Waals surface area (Å²) in [5, 5.41) is 12.4. The Bertz CT molecular complexity index is 1190. The molecular formula is C24H18N4O2. The number of hydrogen-bond donors (Lipinski definition) is 1. The smallest absolute Gasteiger partial charge is 0.269 e. The Hall–Kier alpha value is -4.37. The highest BCUT2D eigenvalue weighted by Gasteiger charge is 2.20. The van der Waals surface area contributed by atoms with Gasteiger partial charge in [-0.25, -0.2) is 0 Å². The quantitative estimate of drug-likeness (QED) is 0.523. The number of benzene rings is 2. The van der Waals surface area contributed by atoms with Crippen LogP contribution in [0.3, 0.4) is 0 Å². The van der Waals surface area contributed by atoms with Crippen LogP contribution in [0.1, 0.15) is 21.6 Å². The highest BCUT2D eigenvalue weighted by Crippen LogP contribution is 2.30. The summed E-state index contributed by atoms with van der Waals surface area (Å²) in [7, 11) is 0. The van der Waals surface area contributed by atoms with Crippen LogP contribution < -0.4 is 10.1 Å². The lowest BCUT2D eigenvalue weighted by Gasteiger charge is -2.15. The minimum atomic E-state index is -0.352. The van der Waals surface area contributed by atoms with Crippen molar-refractivity contribution in [2.45, 2.75) is 6.54 Å². The molecule has 2 aromatic heterocycles. The molecule has 0 saturated heterocycles. The fraction of sp³-hybridized carbons (Fsp3) is 0.0417. The fourth-order valence-corrected chi connectivity index (χ4v) is 3.08. The van der Waals surface area contributed by atoms with Gasteiger partial charge in [0.25, 0.3) is 5.91 Å². The van der Waals surface area contributed by atoms with Crippen molar-refractivity contribution in [1.82, 2.24) is 14.9 Å².